The van der Waals surface area contributed by atoms with E-state index in [0.29, 0.717) is 24.8 Å². The molecule has 1 fully saturated rings. The lowest BCUT2D eigenvalue weighted by molar-refractivity contribution is 0.302. The molecule has 0 aliphatic heterocycles. The van der Waals surface area contributed by atoms with Crippen LogP contribution in [0, 0.1) is 34.7 Å². The van der Waals surface area contributed by atoms with Crippen molar-refractivity contribution in [3.8, 4) is 6.07 Å². The van der Waals surface area contributed by atoms with E-state index in [-0.39, 0.29) is 23.0 Å². The highest BCUT2D eigenvalue weighted by Crippen LogP contribution is 2.41. The van der Waals surface area contributed by atoms with Crippen molar-refractivity contribution in [1.29, 1.82) is 5.26 Å². The van der Waals surface area contributed by atoms with Crippen molar-refractivity contribution < 1.29 is 13.2 Å². The molecule has 4 rings (SSSR count). The summed E-state index contributed by atoms with van der Waals surface area (Å²) in [6.45, 7) is 2.22. The Labute approximate surface area is 189 Å². The average Bonchev–Trinajstić information content (AvgIpc) is 2.79. The minimum absolute atomic E-state index is 0.0315. The number of fused-ring (bicyclic) bond motifs is 1. The van der Waals surface area contributed by atoms with Gasteiger partial charge in [0.2, 0.25) is 0 Å². The third kappa shape index (κ3) is 4.72. The van der Waals surface area contributed by atoms with Crippen LogP contribution in [0.25, 0.3) is 0 Å². The standard InChI is InChI=1S/C28H32F3N/c1-2-3-4-5-18-6-8-19(9-7-18)23-15-25(29)27(26(30)16-23)21-12-13-24-20(14-21)10-11-22(17-32)28(24)31/h10-11,15-16,18-19,21H,2-9,12-14H2,1H3. The number of halogens is 3. The molecule has 0 heterocycles. The van der Waals surface area contributed by atoms with E-state index in [9.17, 15) is 4.39 Å². The van der Waals surface area contributed by atoms with Gasteiger partial charge in [0.15, 0.2) is 0 Å². The zero-order chi connectivity index (χ0) is 22.7. The molecule has 0 radical (unpaired) electrons. The smallest absolute Gasteiger partial charge is 0.144 e. The van der Waals surface area contributed by atoms with Gasteiger partial charge in [-0.25, -0.2) is 13.2 Å². The van der Waals surface area contributed by atoms with Crippen LogP contribution in [0.5, 0.6) is 0 Å². The monoisotopic (exact) mass is 439 g/mol. The third-order valence-electron chi connectivity index (χ3n) is 7.71. The number of unbranched alkanes of at least 4 members (excludes halogenated alkanes) is 2. The molecule has 2 aliphatic rings. The Balaban J connectivity index is 1.46. The van der Waals surface area contributed by atoms with Crippen LogP contribution < -0.4 is 0 Å². The van der Waals surface area contributed by atoms with Gasteiger partial charge in [-0.2, -0.15) is 5.26 Å². The Hall–Kier alpha value is -2.28. The van der Waals surface area contributed by atoms with Gasteiger partial charge in [0.1, 0.15) is 23.5 Å². The summed E-state index contributed by atoms with van der Waals surface area (Å²) in [7, 11) is 0. The fraction of sp³-hybridized carbons (Fsp3) is 0.536. The summed E-state index contributed by atoms with van der Waals surface area (Å²) < 4.78 is 44.7. The molecular formula is C28H32F3N. The Bertz CT molecular complexity index is 975. The maximum absolute atomic E-state index is 15.1. The minimum Gasteiger partial charge on any atom is -0.207 e. The summed E-state index contributed by atoms with van der Waals surface area (Å²) in [5.41, 5.74) is 2.23. The molecule has 1 atom stereocenters. The molecule has 2 aromatic carbocycles. The van der Waals surface area contributed by atoms with E-state index in [4.69, 9.17) is 5.26 Å². The fourth-order valence-corrected chi connectivity index (χ4v) is 5.84. The van der Waals surface area contributed by atoms with Crippen molar-refractivity contribution in [3.63, 3.8) is 0 Å². The van der Waals surface area contributed by atoms with Gasteiger partial charge in [0.25, 0.3) is 0 Å². The lowest BCUT2D eigenvalue weighted by atomic mass is 9.75. The van der Waals surface area contributed by atoms with Crippen LogP contribution in [0.1, 0.15) is 104 Å². The number of rotatable bonds is 6. The summed E-state index contributed by atoms with van der Waals surface area (Å²) in [5, 5.41) is 9.03. The second-order valence-electron chi connectivity index (χ2n) is 9.73. The molecule has 1 unspecified atom stereocenters. The summed E-state index contributed by atoms with van der Waals surface area (Å²) in [4.78, 5) is 0. The summed E-state index contributed by atoms with van der Waals surface area (Å²) in [6, 6.07) is 8.16. The Morgan fingerprint density at radius 2 is 1.66 bits per heavy atom. The van der Waals surface area contributed by atoms with E-state index in [1.165, 1.54) is 31.7 Å². The number of hydrogen-bond donors (Lipinski definition) is 0. The van der Waals surface area contributed by atoms with Crippen LogP contribution in [0.15, 0.2) is 24.3 Å². The highest BCUT2D eigenvalue weighted by atomic mass is 19.1. The van der Waals surface area contributed by atoms with Crippen LogP contribution in [-0.2, 0) is 12.8 Å². The van der Waals surface area contributed by atoms with Crippen LogP contribution in [-0.4, -0.2) is 0 Å². The first kappa shape index (κ1) is 22.9. The summed E-state index contributed by atoms with van der Waals surface area (Å²) >= 11 is 0. The molecule has 32 heavy (non-hydrogen) atoms. The normalized spacial score (nSPS) is 22.9. The first-order chi connectivity index (χ1) is 15.5. The third-order valence-corrected chi connectivity index (χ3v) is 7.71. The highest BCUT2D eigenvalue weighted by molar-refractivity contribution is 5.43. The van der Waals surface area contributed by atoms with Gasteiger partial charge < -0.3 is 0 Å². The fourth-order valence-electron chi connectivity index (χ4n) is 5.84. The molecule has 170 valence electrons. The predicted octanol–water partition coefficient (Wildman–Crippen LogP) is 8.10. The molecule has 2 aliphatic carbocycles. The molecule has 2 aromatic rings. The maximum atomic E-state index is 15.1. The van der Waals surface area contributed by atoms with Crippen LogP contribution >= 0.6 is 0 Å². The van der Waals surface area contributed by atoms with Crippen molar-refractivity contribution in [2.45, 2.75) is 89.4 Å². The van der Waals surface area contributed by atoms with Crippen molar-refractivity contribution in [2.75, 3.05) is 0 Å². The molecule has 4 heteroatoms. The maximum Gasteiger partial charge on any atom is 0.144 e. The topological polar surface area (TPSA) is 23.8 Å². The van der Waals surface area contributed by atoms with Crippen molar-refractivity contribution in [1.82, 2.24) is 0 Å². The Morgan fingerprint density at radius 3 is 2.31 bits per heavy atom. The zero-order valence-electron chi connectivity index (χ0n) is 18.9. The molecule has 0 saturated heterocycles. The Kier molecular flexibility index (Phi) is 7.23. The van der Waals surface area contributed by atoms with Gasteiger partial charge in [0.05, 0.1) is 5.56 Å². The van der Waals surface area contributed by atoms with Crippen LogP contribution in [0.4, 0.5) is 13.2 Å². The minimum atomic E-state index is -0.481. The van der Waals surface area contributed by atoms with E-state index < -0.39 is 17.5 Å². The van der Waals surface area contributed by atoms with Gasteiger partial charge in [0, 0.05) is 5.56 Å². The summed E-state index contributed by atoms with van der Waals surface area (Å²) in [6.07, 6.45) is 10.7. The SMILES string of the molecule is CCCCCC1CCC(c2cc(F)c(C3CCc4c(ccc(C#N)c4F)C3)c(F)c2)CC1. The molecule has 0 bridgehead atoms. The molecule has 1 nitrogen and oxygen atoms in total. The van der Waals surface area contributed by atoms with Gasteiger partial charge >= 0.3 is 0 Å². The van der Waals surface area contributed by atoms with E-state index in [1.807, 2.05) is 6.07 Å². The van der Waals surface area contributed by atoms with Gasteiger partial charge in [-0.05, 0) is 97.6 Å². The van der Waals surface area contributed by atoms with Crippen molar-refractivity contribution in [3.05, 3.63) is 69.5 Å². The van der Waals surface area contributed by atoms with E-state index in [2.05, 4.69) is 6.92 Å². The van der Waals surface area contributed by atoms with E-state index in [1.54, 1.807) is 18.2 Å². The Morgan fingerprint density at radius 1 is 0.938 bits per heavy atom. The molecular weight excluding hydrogens is 407 g/mol. The van der Waals surface area contributed by atoms with Crippen LogP contribution in [0.2, 0.25) is 0 Å². The largest absolute Gasteiger partial charge is 0.207 e. The zero-order valence-corrected chi connectivity index (χ0v) is 18.9. The molecule has 0 spiro atoms. The average molecular weight is 440 g/mol. The number of hydrogen-bond acceptors (Lipinski definition) is 1. The lowest BCUT2D eigenvalue weighted by Crippen LogP contribution is -2.18. The second-order valence-corrected chi connectivity index (χ2v) is 9.73. The predicted molar refractivity (Wildman–Crippen MR) is 121 cm³/mol. The second kappa shape index (κ2) is 10.1. The number of nitrogens with zero attached hydrogens (tertiary/aromatic N) is 1. The number of benzene rings is 2. The molecule has 0 aromatic heterocycles. The van der Waals surface area contributed by atoms with E-state index >= 15 is 8.78 Å². The van der Waals surface area contributed by atoms with Crippen molar-refractivity contribution >= 4 is 0 Å². The van der Waals surface area contributed by atoms with Gasteiger partial charge in [-0.1, -0.05) is 38.7 Å². The quantitative estimate of drug-likeness (QED) is 0.417. The van der Waals surface area contributed by atoms with Crippen molar-refractivity contribution in [2.24, 2.45) is 5.92 Å². The highest BCUT2D eigenvalue weighted by Gasteiger charge is 2.30. The van der Waals surface area contributed by atoms with E-state index in [0.717, 1.165) is 42.7 Å². The molecule has 1 saturated carbocycles. The van der Waals surface area contributed by atoms with Gasteiger partial charge in [-0.3, -0.25) is 0 Å². The molecule has 0 N–H and O–H groups in total. The number of nitriles is 1. The molecule has 0 amide bonds. The lowest BCUT2D eigenvalue weighted by Gasteiger charge is -2.30. The first-order valence-electron chi connectivity index (χ1n) is 12.2. The van der Waals surface area contributed by atoms with Gasteiger partial charge in [-0.15, -0.1) is 0 Å². The first-order valence-corrected chi connectivity index (χ1v) is 12.2. The van der Waals surface area contributed by atoms with Crippen LogP contribution in [0.3, 0.4) is 0 Å². The summed E-state index contributed by atoms with van der Waals surface area (Å²) in [5.74, 6) is -0.722.